The largest absolute Gasteiger partial charge is 0.490 e. The van der Waals surface area contributed by atoms with Crippen molar-refractivity contribution in [3.63, 3.8) is 0 Å². The van der Waals surface area contributed by atoms with Crippen LogP contribution in [0.5, 0.6) is 11.5 Å². The van der Waals surface area contributed by atoms with E-state index in [0.29, 0.717) is 47.5 Å². The van der Waals surface area contributed by atoms with Crippen molar-refractivity contribution in [2.75, 3.05) is 13.2 Å². The summed E-state index contributed by atoms with van der Waals surface area (Å²) in [5.41, 5.74) is 10.3. The predicted molar refractivity (Wildman–Crippen MR) is 238 cm³/mol. The van der Waals surface area contributed by atoms with Crippen LogP contribution < -0.4 is 20.5 Å². The molecule has 2 aromatic carbocycles. The van der Waals surface area contributed by atoms with E-state index in [0.717, 1.165) is 51.0 Å². The molecule has 0 aliphatic rings. The number of fused-ring (bicyclic) bond motifs is 2. The first kappa shape index (κ1) is 45.6. The van der Waals surface area contributed by atoms with Gasteiger partial charge in [-0.3, -0.25) is 0 Å². The molecule has 0 spiro atoms. The van der Waals surface area contributed by atoms with Crippen LogP contribution in [0.15, 0.2) is 73.6 Å². The average Bonchev–Trinajstić information content (AvgIpc) is 3.76. The highest BCUT2D eigenvalue weighted by atomic mass is 16.6. The van der Waals surface area contributed by atoms with Gasteiger partial charge in [-0.15, -0.1) is 0 Å². The van der Waals surface area contributed by atoms with Gasteiger partial charge in [0.1, 0.15) is 66.4 Å². The van der Waals surface area contributed by atoms with Crippen molar-refractivity contribution in [3.8, 4) is 46.2 Å². The van der Waals surface area contributed by atoms with E-state index < -0.39 is 22.8 Å². The quantitative estimate of drug-likeness (QED) is 0.113. The molecule has 1 amide bonds. The number of hydrogen-bond donors (Lipinski definition) is 2. The number of rotatable bonds is 13. The van der Waals surface area contributed by atoms with Gasteiger partial charge in [0.25, 0.3) is 0 Å². The summed E-state index contributed by atoms with van der Waals surface area (Å²) in [6, 6.07) is 19.3. The highest BCUT2D eigenvalue weighted by molar-refractivity contribution is 5.92. The van der Waals surface area contributed by atoms with Gasteiger partial charge in [-0.2, -0.15) is 10.5 Å². The van der Waals surface area contributed by atoms with Crippen LogP contribution in [-0.4, -0.2) is 65.1 Å². The Bertz CT molecular complexity index is 2570. The number of hydrogen-bond acceptors (Lipinski definition) is 11. The topological polar surface area (TPSA) is 192 Å². The maximum Gasteiger partial charge on any atom is 0.408 e. The third-order valence-electron chi connectivity index (χ3n) is 9.71. The van der Waals surface area contributed by atoms with Crippen molar-refractivity contribution in [3.05, 3.63) is 84.7 Å². The monoisotopic (exact) mass is 826 g/mol. The van der Waals surface area contributed by atoms with E-state index in [1.807, 2.05) is 101 Å². The molecule has 320 valence electrons. The summed E-state index contributed by atoms with van der Waals surface area (Å²) in [5.74, 6) is 1.78. The van der Waals surface area contributed by atoms with E-state index in [1.165, 1.54) is 6.33 Å². The molecule has 6 rings (SSSR count). The Kier molecular flexibility index (Phi) is 14.1. The smallest absolute Gasteiger partial charge is 0.408 e. The molecule has 0 bridgehead atoms. The van der Waals surface area contributed by atoms with Crippen molar-refractivity contribution in [1.82, 2.24) is 34.4 Å². The minimum atomic E-state index is -0.676. The summed E-state index contributed by atoms with van der Waals surface area (Å²) in [6.45, 7) is 18.3. The first-order chi connectivity index (χ1) is 28.7. The molecule has 61 heavy (non-hydrogen) atoms. The lowest BCUT2D eigenvalue weighted by Crippen LogP contribution is -2.52. The molecule has 0 saturated heterocycles. The number of ether oxygens (including phenoxy) is 3. The van der Waals surface area contributed by atoms with E-state index in [9.17, 15) is 15.3 Å². The molecule has 14 heteroatoms. The molecule has 4 aromatic heterocycles. The molecule has 0 radical (unpaired) electrons. The first-order valence-corrected chi connectivity index (χ1v) is 20.4. The van der Waals surface area contributed by atoms with Gasteiger partial charge in [0.15, 0.2) is 0 Å². The van der Waals surface area contributed by atoms with Crippen LogP contribution in [0.3, 0.4) is 0 Å². The Morgan fingerprint density at radius 3 is 1.61 bits per heavy atom. The molecular weight excluding hydrogens is 769 g/mol. The number of aryl methyl sites for hydroxylation is 2. The van der Waals surface area contributed by atoms with Gasteiger partial charge in [-0.05, 0) is 108 Å². The Labute approximate surface area is 358 Å². The number of carbonyl (C=O) groups is 1. The standard InChI is InChI=1S/C26H33N5O3.C21H25N5O/c1-17(2)13-26(6,30-24(32)34-25(3,4)5)15-33-21-9-8-18(12-19(21)14-27)22-20-10-11-31(7)23(20)29-16-28-22;1-14(2)10-21(3,23)12-27-18-6-5-15(9-16(18)11-22)19-17-7-8-26(4)20(17)25-13-24-19/h8-12,16-17H,13,15H2,1-7H3,(H,30,32);5-9,13-14H,10,12,23H2,1-4H3/t26-;21-/m00/s1. The van der Waals surface area contributed by atoms with Gasteiger partial charge in [0.2, 0.25) is 0 Å². The van der Waals surface area contributed by atoms with Crippen LogP contribution in [-0.2, 0) is 18.8 Å². The summed E-state index contributed by atoms with van der Waals surface area (Å²) in [5, 5.41) is 24.2. The number of nitrogens with zero attached hydrogens (tertiary/aromatic N) is 8. The predicted octanol–water partition coefficient (Wildman–Crippen LogP) is 8.86. The number of nitrogens with two attached hydrogens (primary N) is 1. The lowest BCUT2D eigenvalue weighted by atomic mass is 9.91. The number of nitriles is 2. The summed E-state index contributed by atoms with van der Waals surface area (Å²) in [7, 11) is 3.87. The van der Waals surface area contributed by atoms with E-state index in [-0.39, 0.29) is 6.61 Å². The van der Waals surface area contributed by atoms with Crippen LogP contribution in [0.25, 0.3) is 44.6 Å². The number of amides is 1. The van der Waals surface area contributed by atoms with Gasteiger partial charge < -0.3 is 34.4 Å². The van der Waals surface area contributed by atoms with Crippen molar-refractivity contribution >= 4 is 28.2 Å². The minimum Gasteiger partial charge on any atom is -0.490 e. The molecule has 6 aromatic rings. The first-order valence-electron chi connectivity index (χ1n) is 20.4. The highest BCUT2D eigenvalue weighted by Crippen LogP contribution is 2.32. The lowest BCUT2D eigenvalue weighted by Gasteiger charge is -2.33. The van der Waals surface area contributed by atoms with Crippen LogP contribution in [0.4, 0.5) is 4.79 Å². The van der Waals surface area contributed by atoms with Crippen molar-refractivity contribution in [2.45, 2.75) is 91.8 Å². The molecule has 3 N–H and O–H groups in total. The minimum absolute atomic E-state index is 0.189. The van der Waals surface area contributed by atoms with Gasteiger partial charge in [0, 0.05) is 53.9 Å². The molecular formula is C47H58N10O4. The van der Waals surface area contributed by atoms with Crippen molar-refractivity contribution in [1.29, 1.82) is 10.5 Å². The van der Waals surface area contributed by atoms with Crippen molar-refractivity contribution < 1.29 is 19.0 Å². The van der Waals surface area contributed by atoms with Gasteiger partial charge >= 0.3 is 6.09 Å². The van der Waals surface area contributed by atoms with E-state index in [1.54, 1.807) is 24.5 Å². The van der Waals surface area contributed by atoms with Crippen LogP contribution in [0.2, 0.25) is 0 Å². The molecule has 0 fully saturated rings. The molecule has 2 atom stereocenters. The van der Waals surface area contributed by atoms with Gasteiger partial charge in [-0.25, -0.2) is 24.7 Å². The Hall–Kier alpha value is -6.51. The molecule has 14 nitrogen and oxygen atoms in total. The van der Waals surface area contributed by atoms with Crippen LogP contribution in [0, 0.1) is 34.5 Å². The fraction of sp³-hybridized carbons (Fsp3) is 0.426. The summed E-state index contributed by atoms with van der Waals surface area (Å²) in [4.78, 5) is 29.9. The summed E-state index contributed by atoms with van der Waals surface area (Å²) < 4.78 is 21.3. The maximum atomic E-state index is 12.4. The normalized spacial score (nSPS) is 13.4. The fourth-order valence-electron chi connectivity index (χ4n) is 7.46. The zero-order valence-electron chi connectivity index (χ0n) is 37.2. The van der Waals surface area contributed by atoms with Crippen molar-refractivity contribution in [2.24, 2.45) is 31.7 Å². The number of alkyl carbamates (subject to hydrolysis) is 1. The zero-order chi connectivity index (χ0) is 44.7. The SMILES string of the molecule is CC(C)C[C@@](C)(COc1ccc(-c2ncnc3c2ccn3C)cc1C#N)NC(=O)OC(C)(C)C.CC(C)C[C@](C)(N)COc1ccc(-c2ncnc3c2ccn3C)cc1C#N. The van der Waals surface area contributed by atoms with Crippen LogP contribution >= 0.6 is 0 Å². The molecule has 0 unspecified atom stereocenters. The second-order valence-electron chi connectivity index (χ2n) is 18.0. The van der Waals surface area contributed by atoms with E-state index in [2.05, 4.69) is 65.1 Å². The Morgan fingerprint density at radius 2 is 1.18 bits per heavy atom. The third-order valence-corrected chi connectivity index (χ3v) is 9.71. The molecule has 0 aliphatic carbocycles. The second-order valence-corrected chi connectivity index (χ2v) is 18.0. The van der Waals surface area contributed by atoms with Gasteiger partial charge in [0.05, 0.1) is 28.1 Å². The number of benzene rings is 2. The molecule has 4 heterocycles. The Balaban J connectivity index is 0.000000237. The zero-order valence-corrected chi connectivity index (χ0v) is 37.2. The van der Waals surface area contributed by atoms with E-state index in [4.69, 9.17) is 19.9 Å². The second kappa shape index (κ2) is 18.8. The maximum absolute atomic E-state index is 12.4. The number of nitrogens with one attached hydrogen (secondary N) is 1. The van der Waals surface area contributed by atoms with Crippen LogP contribution in [0.1, 0.15) is 86.3 Å². The number of aromatic nitrogens is 6. The molecule has 0 aliphatic heterocycles. The summed E-state index contributed by atoms with van der Waals surface area (Å²) >= 11 is 0. The average molecular weight is 827 g/mol. The molecule has 0 saturated carbocycles. The fourth-order valence-corrected chi connectivity index (χ4v) is 7.46. The van der Waals surface area contributed by atoms with E-state index >= 15 is 0 Å². The third kappa shape index (κ3) is 11.8. The highest BCUT2D eigenvalue weighted by Gasteiger charge is 2.31. The summed E-state index contributed by atoms with van der Waals surface area (Å²) in [6.07, 6.45) is 7.97. The van der Waals surface area contributed by atoms with Gasteiger partial charge in [-0.1, -0.05) is 27.7 Å². The number of carbonyl (C=O) groups excluding carboxylic acids is 1. The lowest BCUT2D eigenvalue weighted by molar-refractivity contribution is 0.0408. The Morgan fingerprint density at radius 1 is 0.721 bits per heavy atom.